The number of likely N-dealkylation sites (N-methyl/N-ethyl adjacent to an activating group) is 1. The van der Waals surface area contributed by atoms with Gasteiger partial charge < -0.3 is 20.6 Å². The third-order valence-corrected chi connectivity index (χ3v) is 5.93. The summed E-state index contributed by atoms with van der Waals surface area (Å²) in [6.07, 6.45) is 3.14. The predicted octanol–water partition coefficient (Wildman–Crippen LogP) is 6.06. The van der Waals surface area contributed by atoms with Crippen LogP contribution < -0.4 is 10.6 Å². The lowest BCUT2D eigenvalue weighted by Gasteiger charge is -2.18. The lowest BCUT2D eigenvalue weighted by atomic mass is 10.0. The molecular formula is C28H35N3O2. The molecule has 0 unspecified atom stereocenters. The number of aromatic carboxylic acids is 1. The zero-order valence-electron chi connectivity index (χ0n) is 19.7. The van der Waals surface area contributed by atoms with Crippen molar-refractivity contribution in [3.63, 3.8) is 0 Å². The Morgan fingerprint density at radius 3 is 1.97 bits per heavy atom. The Bertz CT molecular complexity index is 996. The first-order valence-corrected chi connectivity index (χ1v) is 11.8. The van der Waals surface area contributed by atoms with Gasteiger partial charge in [-0.3, -0.25) is 0 Å². The fourth-order valence-corrected chi connectivity index (χ4v) is 3.87. The summed E-state index contributed by atoms with van der Waals surface area (Å²) < 4.78 is 0. The van der Waals surface area contributed by atoms with Crippen molar-refractivity contribution < 1.29 is 9.90 Å². The Labute approximate surface area is 197 Å². The lowest BCUT2D eigenvalue weighted by Crippen LogP contribution is -2.28. The normalized spacial score (nSPS) is 10.9. The Hall–Kier alpha value is -3.31. The molecule has 33 heavy (non-hydrogen) atoms. The number of hydrogen-bond donors (Lipinski definition) is 3. The predicted molar refractivity (Wildman–Crippen MR) is 138 cm³/mol. The van der Waals surface area contributed by atoms with Crippen LogP contribution in [0.2, 0.25) is 0 Å². The maximum absolute atomic E-state index is 11.4. The number of carbonyl (C=O) groups is 1. The van der Waals surface area contributed by atoms with Crippen molar-refractivity contribution >= 4 is 23.0 Å². The second-order valence-corrected chi connectivity index (χ2v) is 8.18. The second kappa shape index (κ2) is 12.7. The van der Waals surface area contributed by atoms with Gasteiger partial charge in [0.15, 0.2) is 0 Å². The van der Waals surface area contributed by atoms with Crippen LogP contribution in [-0.4, -0.2) is 42.2 Å². The molecule has 3 aromatic rings. The molecule has 0 fully saturated rings. The molecule has 0 spiro atoms. The van der Waals surface area contributed by atoms with Gasteiger partial charge >= 0.3 is 5.97 Å². The van der Waals surface area contributed by atoms with Crippen LogP contribution in [0.4, 0.5) is 17.1 Å². The highest BCUT2D eigenvalue weighted by Gasteiger charge is 2.09. The number of anilines is 3. The topological polar surface area (TPSA) is 64.6 Å². The quantitative estimate of drug-likeness (QED) is 0.299. The highest BCUT2D eigenvalue weighted by atomic mass is 16.4. The van der Waals surface area contributed by atoms with E-state index in [1.807, 2.05) is 18.2 Å². The smallest absolute Gasteiger partial charge is 0.337 e. The molecule has 0 saturated heterocycles. The van der Waals surface area contributed by atoms with Crippen LogP contribution in [0.1, 0.15) is 41.8 Å². The molecule has 3 N–H and O–H groups in total. The molecule has 174 valence electrons. The van der Waals surface area contributed by atoms with Gasteiger partial charge in [0.05, 0.1) is 11.3 Å². The Morgan fingerprint density at radius 1 is 0.818 bits per heavy atom. The standard InChI is InChI=1S/C28H35N3O2/c1-3-31(4-2)21-20-29-24-16-12-22(13-17-24)8-7-9-23-14-18-25(19-15-23)30-27-11-6-5-10-26(27)28(32)33/h5-6,10-19,29-30H,3-4,7-9,20-21H2,1-2H3,(H,32,33). The number of hydrogen-bond acceptors (Lipinski definition) is 4. The Kier molecular flexibility index (Phi) is 9.33. The fraction of sp³-hybridized carbons (Fsp3) is 0.321. The van der Waals surface area contributed by atoms with E-state index in [4.69, 9.17) is 0 Å². The van der Waals surface area contributed by atoms with Gasteiger partial charge in [-0.2, -0.15) is 0 Å². The van der Waals surface area contributed by atoms with Crippen LogP contribution >= 0.6 is 0 Å². The van der Waals surface area contributed by atoms with Crippen molar-refractivity contribution in [3.05, 3.63) is 89.5 Å². The van der Waals surface area contributed by atoms with Crippen molar-refractivity contribution in [2.75, 3.05) is 36.8 Å². The van der Waals surface area contributed by atoms with Crippen LogP contribution in [0.25, 0.3) is 0 Å². The first-order valence-electron chi connectivity index (χ1n) is 11.8. The summed E-state index contributed by atoms with van der Waals surface area (Å²) in [5, 5.41) is 16.0. The molecule has 0 heterocycles. The molecule has 0 aliphatic rings. The molecule has 0 saturated carbocycles. The SMILES string of the molecule is CCN(CC)CCNc1ccc(CCCc2ccc(Nc3ccccc3C(=O)O)cc2)cc1. The van der Waals surface area contributed by atoms with Crippen molar-refractivity contribution in [3.8, 4) is 0 Å². The third kappa shape index (κ3) is 7.65. The van der Waals surface area contributed by atoms with Gasteiger partial charge in [-0.15, -0.1) is 0 Å². The maximum atomic E-state index is 11.4. The molecule has 5 heteroatoms. The molecule has 0 aromatic heterocycles. The molecule has 3 aromatic carbocycles. The summed E-state index contributed by atoms with van der Waals surface area (Å²) in [5.41, 5.74) is 5.57. The van der Waals surface area contributed by atoms with Crippen LogP contribution in [0.5, 0.6) is 0 Å². The van der Waals surface area contributed by atoms with E-state index in [1.165, 1.54) is 16.8 Å². The van der Waals surface area contributed by atoms with E-state index in [9.17, 15) is 9.90 Å². The molecule has 0 atom stereocenters. The van der Waals surface area contributed by atoms with E-state index in [0.717, 1.165) is 51.1 Å². The average Bonchev–Trinajstić information content (AvgIpc) is 2.84. The number of aryl methyl sites for hydroxylation is 2. The molecular weight excluding hydrogens is 410 g/mol. The monoisotopic (exact) mass is 445 g/mol. The Balaban J connectivity index is 1.43. The van der Waals surface area contributed by atoms with Gasteiger partial charge in [0.2, 0.25) is 0 Å². The van der Waals surface area contributed by atoms with Gasteiger partial charge in [0.25, 0.3) is 0 Å². The van der Waals surface area contributed by atoms with E-state index in [1.54, 1.807) is 18.2 Å². The third-order valence-electron chi connectivity index (χ3n) is 5.93. The minimum atomic E-state index is -0.932. The van der Waals surface area contributed by atoms with Crippen LogP contribution in [0.3, 0.4) is 0 Å². The molecule has 5 nitrogen and oxygen atoms in total. The van der Waals surface area contributed by atoms with Gasteiger partial charge in [-0.1, -0.05) is 50.2 Å². The summed E-state index contributed by atoms with van der Waals surface area (Å²) in [4.78, 5) is 13.8. The zero-order chi connectivity index (χ0) is 23.5. The van der Waals surface area contributed by atoms with Gasteiger partial charge in [0, 0.05) is 24.5 Å². The molecule has 0 bridgehead atoms. The van der Waals surface area contributed by atoms with Crippen molar-refractivity contribution in [2.24, 2.45) is 0 Å². The number of benzene rings is 3. The minimum absolute atomic E-state index is 0.270. The molecule has 0 radical (unpaired) electrons. The van der Waals surface area contributed by atoms with E-state index in [0.29, 0.717) is 5.69 Å². The highest BCUT2D eigenvalue weighted by molar-refractivity contribution is 5.95. The van der Waals surface area contributed by atoms with Crippen molar-refractivity contribution in [2.45, 2.75) is 33.1 Å². The zero-order valence-corrected chi connectivity index (χ0v) is 19.7. The summed E-state index contributed by atoms with van der Waals surface area (Å²) >= 11 is 0. The number of nitrogens with one attached hydrogen (secondary N) is 2. The lowest BCUT2D eigenvalue weighted by molar-refractivity contribution is 0.0698. The van der Waals surface area contributed by atoms with E-state index < -0.39 is 5.97 Å². The number of carboxylic acid groups (broad SMARTS) is 1. The Morgan fingerprint density at radius 2 is 1.39 bits per heavy atom. The van der Waals surface area contributed by atoms with Crippen LogP contribution in [0.15, 0.2) is 72.8 Å². The second-order valence-electron chi connectivity index (χ2n) is 8.18. The maximum Gasteiger partial charge on any atom is 0.337 e. The molecule has 3 rings (SSSR count). The van der Waals surface area contributed by atoms with Crippen molar-refractivity contribution in [1.29, 1.82) is 0 Å². The molecule has 0 aliphatic carbocycles. The van der Waals surface area contributed by atoms with E-state index >= 15 is 0 Å². The van der Waals surface area contributed by atoms with E-state index in [2.05, 4.69) is 65.8 Å². The first-order chi connectivity index (χ1) is 16.1. The number of rotatable bonds is 13. The van der Waals surface area contributed by atoms with Crippen LogP contribution in [0, 0.1) is 0 Å². The number of carboxylic acids is 1. The first kappa shape index (κ1) is 24.3. The van der Waals surface area contributed by atoms with Crippen LogP contribution in [-0.2, 0) is 12.8 Å². The van der Waals surface area contributed by atoms with Gasteiger partial charge in [-0.05, 0) is 79.9 Å². The highest BCUT2D eigenvalue weighted by Crippen LogP contribution is 2.22. The largest absolute Gasteiger partial charge is 0.478 e. The number of nitrogens with zero attached hydrogens (tertiary/aromatic N) is 1. The summed E-state index contributed by atoms with van der Waals surface area (Å²) in [7, 11) is 0. The molecule has 0 aliphatic heterocycles. The minimum Gasteiger partial charge on any atom is -0.478 e. The summed E-state index contributed by atoms with van der Waals surface area (Å²) in [6, 6.07) is 24.0. The van der Waals surface area contributed by atoms with Gasteiger partial charge in [-0.25, -0.2) is 4.79 Å². The number of para-hydroxylation sites is 1. The van der Waals surface area contributed by atoms with Crippen molar-refractivity contribution in [1.82, 2.24) is 4.90 Å². The molecule has 0 amide bonds. The summed E-state index contributed by atoms with van der Waals surface area (Å²) in [6.45, 7) is 8.61. The fourth-order valence-electron chi connectivity index (χ4n) is 3.87. The van der Waals surface area contributed by atoms with E-state index in [-0.39, 0.29) is 5.56 Å². The van der Waals surface area contributed by atoms with Gasteiger partial charge in [0.1, 0.15) is 0 Å². The average molecular weight is 446 g/mol. The summed E-state index contributed by atoms with van der Waals surface area (Å²) in [5.74, 6) is -0.932.